The lowest BCUT2D eigenvalue weighted by molar-refractivity contribution is 0.820. The van der Waals surface area contributed by atoms with E-state index in [2.05, 4.69) is 22.4 Å². The molecular formula is C6H8N2S2. The molecule has 4 heteroatoms. The predicted molar refractivity (Wildman–Crippen MR) is 47.2 cm³/mol. The maximum absolute atomic E-state index is 8.13. The van der Waals surface area contributed by atoms with Crippen LogP contribution in [0.25, 0.3) is 0 Å². The zero-order valence-electron chi connectivity index (χ0n) is 5.54. The first-order valence-electron chi connectivity index (χ1n) is 2.96. The Morgan fingerprint density at radius 3 is 2.90 bits per heavy atom. The van der Waals surface area contributed by atoms with Crippen LogP contribution >= 0.6 is 24.0 Å². The van der Waals surface area contributed by atoms with Gasteiger partial charge < -0.3 is 0 Å². The maximum atomic E-state index is 8.13. The summed E-state index contributed by atoms with van der Waals surface area (Å²) in [6.45, 7) is 0.746. The largest absolute Gasteiger partial charge is 0.233 e. The van der Waals surface area contributed by atoms with Crippen LogP contribution in [0.2, 0.25) is 0 Å². The van der Waals surface area contributed by atoms with Crippen molar-refractivity contribution < 1.29 is 0 Å². The third kappa shape index (κ3) is 7.64. The van der Waals surface area contributed by atoms with E-state index in [4.69, 9.17) is 5.26 Å². The lowest BCUT2D eigenvalue weighted by Gasteiger charge is -1.89. The molecule has 0 saturated carbocycles. The van der Waals surface area contributed by atoms with Crippen molar-refractivity contribution in [1.29, 1.82) is 5.26 Å². The number of unbranched alkanes of at least 4 members (excludes halogenated alkanes) is 1. The Morgan fingerprint density at radius 1 is 1.50 bits per heavy atom. The Kier molecular flexibility index (Phi) is 8.33. The summed E-state index contributed by atoms with van der Waals surface area (Å²) in [6.07, 6.45) is 2.02. The smallest absolute Gasteiger partial charge is 0.133 e. The van der Waals surface area contributed by atoms with E-state index >= 15 is 0 Å². The molecule has 0 unspecified atom stereocenters. The van der Waals surface area contributed by atoms with Crippen LogP contribution in [-0.4, -0.2) is 17.5 Å². The second-order valence-electron chi connectivity index (χ2n) is 1.62. The molecule has 0 saturated heterocycles. The molecule has 0 aliphatic heterocycles. The Morgan fingerprint density at radius 2 is 2.30 bits per heavy atom. The number of rotatable bonds is 5. The first kappa shape index (κ1) is 9.64. The highest BCUT2D eigenvalue weighted by molar-refractivity contribution is 8.03. The van der Waals surface area contributed by atoms with E-state index in [0.717, 1.165) is 25.1 Å². The molecule has 0 fully saturated rings. The van der Waals surface area contributed by atoms with E-state index in [1.54, 1.807) is 0 Å². The van der Waals surface area contributed by atoms with Gasteiger partial charge in [-0.05, 0) is 36.8 Å². The summed E-state index contributed by atoms with van der Waals surface area (Å²) in [7, 11) is 0. The van der Waals surface area contributed by atoms with Crippen molar-refractivity contribution in [2.24, 2.45) is 4.99 Å². The van der Waals surface area contributed by atoms with Gasteiger partial charge in [0.15, 0.2) is 0 Å². The Labute approximate surface area is 70.3 Å². The zero-order chi connectivity index (χ0) is 7.66. The summed E-state index contributed by atoms with van der Waals surface area (Å²) in [5.41, 5.74) is 0. The molecule has 0 amide bonds. The van der Waals surface area contributed by atoms with Crippen LogP contribution in [0.1, 0.15) is 12.8 Å². The fraction of sp³-hybridized carbons (Fsp3) is 0.667. The Hall–Kier alpha value is -0.360. The highest BCUT2D eigenvalue weighted by Gasteiger charge is 1.85. The minimum Gasteiger partial charge on any atom is -0.233 e. The first-order valence-corrected chi connectivity index (χ1v) is 4.35. The quantitative estimate of drug-likeness (QED) is 0.276. The molecule has 2 nitrogen and oxygen atoms in total. The highest BCUT2D eigenvalue weighted by Crippen LogP contribution is 2.01. The van der Waals surface area contributed by atoms with Gasteiger partial charge in [0, 0.05) is 12.3 Å². The average molecular weight is 172 g/mol. The molecule has 0 aromatic carbocycles. The van der Waals surface area contributed by atoms with Gasteiger partial charge in [0.1, 0.15) is 5.40 Å². The second-order valence-corrected chi connectivity index (χ2v) is 2.68. The van der Waals surface area contributed by atoms with Crippen molar-refractivity contribution in [1.82, 2.24) is 0 Å². The molecule has 0 rings (SSSR count). The number of nitrogens with zero attached hydrogens (tertiary/aromatic N) is 2. The minimum atomic E-state index is 0.746. The highest BCUT2D eigenvalue weighted by atomic mass is 32.2. The van der Waals surface area contributed by atoms with Crippen LogP contribution in [0.15, 0.2) is 4.99 Å². The van der Waals surface area contributed by atoms with Crippen LogP contribution in [0.5, 0.6) is 0 Å². The number of thioether (sulfide) groups is 1. The number of aliphatic imine (C=N–C) groups is 1. The average Bonchev–Trinajstić information content (AvgIpc) is 1.97. The molecule has 10 heavy (non-hydrogen) atoms. The number of nitriles is 1. The zero-order valence-corrected chi connectivity index (χ0v) is 7.17. The maximum Gasteiger partial charge on any atom is 0.133 e. The van der Waals surface area contributed by atoms with E-state index in [1.807, 2.05) is 5.40 Å². The van der Waals surface area contributed by atoms with Crippen molar-refractivity contribution in [3.05, 3.63) is 0 Å². The molecule has 0 radical (unpaired) electrons. The fourth-order valence-corrected chi connectivity index (χ4v) is 0.987. The topological polar surface area (TPSA) is 36.1 Å². The molecule has 0 bridgehead atoms. The molecule has 54 valence electrons. The van der Waals surface area contributed by atoms with Gasteiger partial charge in [0.05, 0.1) is 5.16 Å². The number of hydrogen-bond donors (Lipinski definition) is 0. The van der Waals surface area contributed by atoms with Crippen LogP contribution in [0.3, 0.4) is 0 Å². The molecule has 0 aromatic rings. The lowest BCUT2D eigenvalue weighted by Crippen LogP contribution is -1.82. The summed E-state index contributed by atoms with van der Waals surface area (Å²) >= 11 is 5.66. The molecule has 0 aliphatic carbocycles. The van der Waals surface area contributed by atoms with Gasteiger partial charge in [0.2, 0.25) is 0 Å². The monoisotopic (exact) mass is 172 g/mol. The van der Waals surface area contributed by atoms with Crippen molar-refractivity contribution >= 4 is 29.1 Å². The molecule has 0 atom stereocenters. The Bertz CT molecular complexity index is 156. The molecular weight excluding hydrogens is 164 g/mol. The molecule has 0 aliphatic rings. The third-order valence-corrected chi connectivity index (χ3v) is 1.65. The normalized spacial score (nSPS) is 7.90. The number of thiocyanates is 1. The van der Waals surface area contributed by atoms with Crippen molar-refractivity contribution in [3.8, 4) is 5.40 Å². The van der Waals surface area contributed by atoms with Gasteiger partial charge in [-0.2, -0.15) is 5.26 Å². The molecule has 0 spiro atoms. The molecule has 0 N–H and O–H groups in total. The van der Waals surface area contributed by atoms with Gasteiger partial charge in [-0.1, -0.05) is 0 Å². The number of thiocarbonyl (C=S) groups is 1. The summed E-state index contributed by atoms with van der Waals surface area (Å²) in [4.78, 5) is 3.74. The van der Waals surface area contributed by atoms with E-state index in [1.165, 1.54) is 11.8 Å². The second kappa shape index (κ2) is 8.64. The Balaban J connectivity index is 2.92. The minimum absolute atomic E-state index is 0.746. The van der Waals surface area contributed by atoms with Crippen molar-refractivity contribution in [2.75, 3.05) is 12.3 Å². The number of isothiocyanates is 1. The predicted octanol–water partition coefficient (Wildman–Crippen LogP) is 2.08. The summed E-state index contributed by atoms with van der Waals surface area (Å²) in [5, 5.41) is 12.4. The fourth-order valence-electron chi connectivity index (χ4n) is 0.456. The van der Waals surface area contributed by atoms with Crippen LogP contribution in [-0.2, 0) is 0 Å². The SMILES string of the molecule is N#CSCCCCN=C=S. The summed E-state index contributed by atoms with van der Waals surface area (Å²) < 4.78 is 0. The van der Waals surface area contributed by atoms with E-state index in [9.17, 15) is 0 Å². The summed E-state index contributed by atoms with van der Waals surface area (Å²) in [6, 6.07) is 0. The molecule has 0 aromatic heterocycles. The van der Waals surface area contributed by atoms with Gasteiger partial charge in [-0.25, -0.2) is 4.99 Å². The first-order chi connectivity index (χ1) is 4.91. The third-order valence-electron chi connectivity index (χ3n) is 0.895. The van der Waals surface area contributed by atoms with Crippen LogP contribution in [0, 0.1) is 10.7 Å². The van der Waals surface area contributed by atoms with Crippen molar-refractivity contribution in [2.45, 2.75) is 12.8 Å². The van der Waals surface area contributed by atoms with Crippen LogP contribution in [0.4, 0.5) is 0 Å². The van der Waals surface area contributed by atoms with E-state index < -0.39 is 0 Å². The van der Waals surface area contributed by atoms with Gasteiger partial charge >= 0.3 is 0 Å². The van der Waals surface area contributed by atoms with Gasteiger partial charge in [-0.3, -0.25) is 0 Å². The van der Waals surface area contributed by atoms with E-state index in [0.29, 0.717) is 0 Å². The number of hydrogen-bond acceptors (Lipinski definition) is 4. The lowest BCUT2D eigenvalue weighted by atomic mass is 10.3. The van der Waals surface area contributed by atoms with Crippen molar-refractivity contribution in [3.63, 3.8) is 0 Å². The van der Waals surface area contributed by atoms with Gasteiger partial charge in [0.25, 0.3) is 0 Å². The standard InChI is InChI=1S/C6H8N2S2/c7-5-10-4-2-1-3-8-6-9/h1-4H2. The van der Waals surface area contributed by atoms with E-state index in [-0.39, 0.29) is 0 Å². The van der Waals surface area contributed by atoms with Gasteiger partial charge in [-0.15, -0.1) is 0 Å². The molecule has 0 heterocycles. The summed E-state index contributed by atoms with van der Waals surface area (Å²) in [5.74, 6) is 0.892. The van der Waals surface area contributed by atoms with Crippen LogP contribution < -0.4 is 0 Å².